The van der Waals surface area contributed by atoms with Gasteiger partial charge in [-0.2, -0.15) is 0 Å². The Bertz CT molecular complexity index is 703. The molecule has 0 heterocycles. The SMILES string of the molecule is Cc1ccc(NC(=O)C(C)Oc2ccc(Cl)c(C)c2)c(Br)c1. The third-order valence-corrected chi connectivity index (χ3v) is 4.27. The molecule has 0 aromatic heterocycles. The van der Waals surface area contributed by atoms with Gasteiger partial charge < -0.3 is 10.1 Å². The molecule has 1 atom stereocenters. The maximum atomic E-state index is 12.2. The van der Waals surface area contributed by atoms with Crippen molar-refractivity contribution in [3.63, 3.8) is 0 Å². The van der Waals surface area contributed by atoms with E-state index in [2.05, 4.69) is 21.2 Å². The molecule has 1 amide bonds. The van der Waals surface area contributed by atoms with Crippen molar-refractivity contribution in [1.82, 2.24) is 0 Å². The van der Waals surface area contributed by atoms with Crippen molar-refractivity contribution in [2.75, 3.05) is 5.32 Å². The smallest absolute Gasteiger partial charge is 0.265 e. The highest BCUT2D eigenvalue weighted by molar-refractivity contribution is 9.10. The minimum absolute atomic E-state index is 0.211. The lowest BCUT2D eigenvalue weighted by Crippen LogP contribution is -2.30. The van der Waals surface area contributed by atoms with Crippen LogP contribution in [0.15, 0.2) is 40.9 Å². The Hall–Kier alpha value is -1.52. The summed E-state index contributed by atoms with van der Waals surface area (Å²) in [5.74, 6) is 0.407. The molecule has 0 fully saturated rings. The average molecular weight is 383 g/mol. The molecule has 1 N–H and O–H groups in total. The van der Waals surface area contributed by atoms with Gasteiger partial charge in [-0.3, -0.25) is 4.79 Å². The number of nitrogens with one attached hydrogen (secondary N) is 1. The Morgan fingerprint density at radius 1 is 1.23 bits per heavy atom. The van der Waals surface area contributed by atoms with E-state index in [1.807, 2.05) is 38.1 Å². The zero-order chi connectivity index (χ0) is 16.3. The Balaban J connectivity index is 2.04. The summed E-state index contributed by atoms with van der Waals surface area (Å²) in [7, 11) is 0. The van der Waals surface area contributed by atoms with Crippen LogP contribution >= 0.6 is 27.5 Å². The van der Waals surface area contributed by atoms with Crippen LogP contribution in [0, 0.1) is 13.8 Å². The van der Waals surface area contributed by atoms with Crippen molar-refractivity contribution in [2.24, 2.45) is 0 Å². The monoisotopic (exact) mass is 381 g/mol. The van der Waals surface area contributed by atoms with Gasteiger partial charge in [0, 0.05) is 9.50 Å². The van der Waals surface area contributed by atoms with Gasteiger partial charge in [0.05, 0.1) is 5.69 Å². The average Bonchev–Trinajstić information content (AvgIpc) is 2.45. The predicted molar refractivity (Wildman–Crippen MR) is 93.8 cm³/mol. The second kappa shape index (κ2) is 7.16. The minimum Gasteiger partial charge on any atom is -0.481 e. The van der Waals surface area contributed by atoms with Gasteiger partial charge in [0.1, 0.15) is 5.75 Å². The number of carbonyl (C=O) groups is 1. The van der Waals surface area contributed by atoms with Crippen LogP contribution in [0.1, 0.15) is 18.1 Å². The van der Waals surface area contributed by atoms with E-state index in [-0.39, 0.29) is 5.91 Å². The van der Waals surface area contributed by atoms with Crippen molar-refractivity contribution < 1.29 is 9.53 Å². The molecule has 0 spiro atoms. The number of rotatable bonds is 4. The van der Waals surface area contributed by atoms with E-state index in [0.717, 1.165) is 21.3 Å². The lowest BCUT2D eigenvalue weighted by molar-refractivity contribution is -0.122. The first kappa shape index (κ1) is 16.8. The third-order valence-electron chi connectivity index (χ3n) is 3.19. The van der Waals surface area contributed by atoms with E-state index in [1.54, 1.807) is 19.1 Å². The molecule has 1 unspecified atom stereocenters. The molecule has 2 rings (SSSR count). The van der Waals surface area contributed by atoms with Crippen LogP contribution in [0.3, 0.4) is 0 Å². The lowest BCUT2D eigenvalue weighted by Gasteiger charge is -2.16. The van der Waals surface area contributed by atoms with Crippen LogP contribution in [-0.4, -0.2) is 12.0 Å². The molecule has 0 aliphatic rings. The fourth-order valence-electron chi connectivity index (χ4n) is 1.90. The Labute approximate surface area is 143 Å². The summed E-state index contributed by atoms with van der Waals surface area (Å²) < 4.78 is 6.50. The first-order chi connectivity index (χ1) is 10.4. The first-order valence-electron chi connectivity index (χ1n) is 6.86. The molecule has 3 nitrogen and oxygen atoms in total. The second-order valence-electron chi connectivity index (χ2n) is 5.14. The maximum Gasteiger partial charge on any atom is 0.265 e. The largest absolute Gasteiger partial charge is 0.481 e. The molecule has 0 aliphatic heterocycles. The van der Waals surface area contributed by atoms with Crippen molar-refractivity contribution in [1.29, 1.82) is 0 Å². The van der Waals surface area contributed by atoms with Crippen LogP contribution in [0.25, 0.3) is 0 Å². The molecule has 22 heavy (non-hydrogen) atoms. The van der Waals surface area contributed by atoms with Gasteiger partial charge in [0.2, 0.25) is 0 Å². The molecule has 0 radical (unpaired) electrons. The van der Waals surface area contributed by atoms with Crippen LogP contribution in [0.5, 0.6) is 5.75 Å². The summed E-state index contributed by atoms with van der Waals surface area (Å²) >= 11 is 9.42. The van der Waals surface area contributed by atoms with Crippen molar-refractivity contribution >= 4 is 39.1 Å². The van der Waals surface area contributed by atoms with Gasteiger partial charge in [-0.05, 0) is 78.2 Å². The number of ether oxygens (including phenoxy) is 1. The summed E-state index contributed by atoms with van der Waals surface area (Å²) in [6.45, 7) is 5.59. The summed E-state index contributed by atoms with van der Waals surface area (Å²) in [5.41, 5.74) is 2.75. The number of carbonyl (C=O) groups excluding carboxylic acids is 1. The summed E-state index contributed by atoms with van der Waals surface area (Å²) in [6.07, 6.45) is -0.617. The van der Waals surface area contributed by atoms with Gasteiger partial charge in [0.15, 0.2) is 6.10 Å². The Morgan fingerprint density at radius 3 is 2.59 bits per heavy atom. The summed E-state index contributed by atoms with van der Waals surface area (Å²) in [5, 5.41) is 3.52. The second-order valence-corrected chi connectivity index (χ2v) is 6.41. The molecule has 0 saturated heterocycles. The standard InChI is InChI=1S/C17H17BrClNO2/c1-10-4-7-16(14(18)8-10)20-17(21)12(3)22-13-5-6-15(19)11(2)9-13/h4-9,12H,1-3H3,(H,20,21). The molecule has 5 heteroatoms. The van der Waals surface area contributed by atoms with Gasteiger partial charge in [-0.1, -0.05) is 17.7 Å². The topological polar surface area (TPSA) is 38.3 Å². The maximum absolute atomic E-state index is 12.2. The quantitative estimate of drug-likeness (QED) is 0.796. The Kier molecular flexibility index (Phi) is 5.48. The highest BCUT2D eigenvalue weighted by atomic mass is 79.9. The molecule has 2 aromatic carbocycles. The number of hydrogen-bond acceptors (Lipinski definition) is 2. The normalized spacial score (nSPS) is 11.9. The molecular weight excluding hydrogens is 366 g/mol. The molecule has 116 valence electrons. The minimum atomic E-state index is -0.617. The van der Waals surface area contributed by atoms with Gasteiger partial charge in [-0.25, -0.2) is 0 Å². The lowest BCUT2D eigenvalue weighted by atomic mass is 10.2. The number of halogens is 2. The van der Waals surface area contributed by atoms with E-state index >= 15 is 0 Å². The Morgan fingerprint density at radius 2 is 1.95 bits per heavy atom. The highest BCUT2D eigenvalue weighted by Crippen LogP contribution is 2.25. The van der Waals surface area contributed by atoms with E-state index in [0.29, 0.717) is 10.8 Å². The first-order valence-corrected chi connectivity index (χ1v) is 8.03. The summed E-state index contributed by atoms with van der Waals surface area (Å²) in [4.78, 5) is 12.2. The van der Waals surface area contributed by atoms with E-state index in [4.69, 9.17) is 16.3 Å². The molecular formula is C17H17BrClNO2. The number of hydrogen-bond donors (Lipinski definition) is 1. The molecule has 0 bridgehead atoms. The highest BCUT2D eigenvalue weighted by Gasteiger charge is 2.16. The molecule has 0 saturated carbocycles. The fraction of sp³-hybridized carbons (Fsp3) is 0.235. The zero-order valence-corrected chi connectivity index (χ0v) is 15.0. The third kappa shape index (κ3) is 4.24. The van der Waals surface area contributed by atoms with E-state index in [1.165, 1.54) is 0 Å². The summed E-state index contributed by atoms with van der Waals surface area (Å²) in [6, 6.07) is 11.1. The van der Waals surface area contributed by atoms with Crippen LogP contribution in [-0.2, 0) is 4.79 Å². The molecule has 0 aliphatic carbocycles. The van der Waals surface area contributed by atoms with Crippen LogP contribution in [0.2, 0.25) is 5.02 Å². The number of anilines is 1. The van der Waals surface area contributed by atoms with Crippen LogP contribution < -0.4 is 10.1 Å². The van der Waals surface area contributed by atoms with E-state index in [9.17, 15) is 4.79 Å². The number of benzene rings is 2. The number of aryl methyl sites for hydroxylation is 2. The van der Waals surface area contributed by atoms with Gasteiger partial charge in [0.25, 0.3) is 5.91 Å². The fourth-order valence-corrected chi connectivity index (χ4v) is 2.61. The van der Waals surface area contributed by atoms with Crippen molar-refractivity contribution in [3.05, 3.63) is 57.0 Å². The van der Waals surface area contributed by atoms with Gasteiger partial charge in [-0.15, -0.1) is 0 Å². The van der Waals surface area contributed by atoms with E-state index < -0.39 is 6.10 Å². The van der Waals surface area contributed by atoms with Crippen LogP contribution in [0.4, 0.5) is 5.69 Å². The van der Waals surface area contributed by atoms with Crippen molar-refractivity contribution in [3.8, 4) is 5.75 Å². The van der Waals surface area contributed by atoms with Crippen molar-refractivity contribution in [2.45, 2.75) is 26.9 Å². The number of amides is 1. The van der Waals surface area contributed by atoms with Gasteiger partial charge >= 0.3 is 0 Å². The predicted octanol–water partition coefficient (Wildman–Crippen LogP) is 5.13. The molecule has 2 aromatic rings. The zero-order valence-electron chi connectivity index (χ0n) is 12.6.